The van der Waals surface area contributed by atoms with Gasteiger partial charge in [0.2, 0.25) is 0 Å². The van der Waals surface area contributed by atoms with Gasteiger partial charge in [-0.25, -0.2) is 0 Å². The molecular weight excluding hydrogens is 238 g/mol. The number of rotatable bonds is 2. The van der Waals surface area contributed by atoms with E-state index in [1.165, 1.54) is 31.2 Å². The van der Waals surface area contributed by atoms with Gasteiger partial charge in [-0.1, -0.05) is 32.9 Å². The van der Waals surface area contributed by atoms with Crippen LogP contribution in [0.1, 0.15) is 52.0 Å². The second-order valence-corrected chi connectivity index (χ2v) is 6.66. The van der Waals surface area contributed by atoms with Crippen LogP contribution in [0.5, 0.6) is 0 Å². The van der Waals surface area contributed by atoms with Crippen molar-refractivity contribution in [3.63, 3.8) is 0 Å². The molecule has 0 bridgehead atoms. The molecule has 0 spiro atoms. The van der Waals surface area contributed by atoms with Gasteiger partial charge in [-0.15, -0.1) is 0 Å². The number of hydrogen-bond donors (Lipinski definition) is 0. The molecule has 0 atom stereocenters. The molecule has 0 N–H and O–H groups in total. The Hall–Kier alpha value is -0.980. The van der Waals surface area contributed by atoms with E-state index in [-0.39, 0.29) is 0 Å². The molecule has 1 aromatic rings. The molecule has 2 rings (SSSR count). The van der Waals surface area contributed by atoms with Crippen LogP contribution in [-0.2, 0) is 5.41 Å². The second-order valence-electron chi connectivity index (χ2n) is 6.47. The number of nitrogens with zero attached hydrogens (tertiary/aromatic N) is 1. The maximum Gasteiger partial charge on any atom is 0.0739 e. The van der Waals surface area contributed by atoms with Crippen molar-refractivity contribution in [2.24, 2.45) is 10.4 Å². The van der Waals surface area contributed by atoms with E-state index in [2.05, 4.69) is 55.3 Å². The average molecular weight is 259 g/mol. The van der Waals surface area contributed by atoms with Crippen molar-refractivity contribution in [3.8, 4) is 0 Å². The molecule has 96 valence electrons. The van der Waals surface area contributed by atoms with E-state index in [9.17, 15) is 0 Å². The van der Waals surface area contributed by atoms with E-state index in [4.69, 9.17) is 0 Å². The van der Waals surface area contributed by atoms with Crippen LogP contribution in [0.25, 0.3) is 0 Å². The molecule has 1 aliphatic rings. The molecule has 1 saturated carbocycles. The first kappa shape index (κ1) is 13.5. The van der Waals surface area contributed by atoms with Crippen LogP contribution in [0, 0.1) is 5.41 Å². The van der Waals surface area contributed by atoms with Crippen LogP contribution in [0.15, 0.2) is 29.3 Å². The van der Waals surface area contributed by atoms with Crippen molar-refractivity contribution in [2.75, 3.05) is 0 Å². The Bertz CT molecular complexity index is 456. The molecule has 0 unspecified atom stereocenters. The van der Waals surface area contributed by atoms with E-state index in [0.717, 1.165) is 5.69 Å². The van der Waals surface area contributed by atoms with Crippen LogP contribution in [0.4, 0.5) is 5.69 Å². The molecule has 2 heteroatoms. The van der Waals surface area contributed by atoms with E-state index in [0.29, 0.717) is 10.8 Å². The van der Waals surface area contributed by atoms with Gasteiger partial charge in [0.05, 0.1) is 10.8 Å². The third-order valence-corrected chi connectivity index (χ3v) is 4.54. The van der Waals surface area contributed by atoms with Crippen LogP contribution in [0.2, 0.25) is 0 Å². The largest absolute Gasteiger partial charge is 0.195 e. The third kappa shape index (κ3) is 2.88. The Morgan fingerprint density at radius 3 is 2.06 bits per heavy atom. The zero-order chi connectivity index (χ0) is 13.2. The average Bonchev–Trinajstić information content (AvgIpc) is 2.35. The summed E-state index contributed by atoms with van der Waals surface area (Å²) in [6, 6.07) is 8.48. The molecule has 1 fully saturated rings. The maximum atomic E-state index is 4.62. The summed E-state index contributed by atoms with van der Waals surface area (Å²) in [5, 5.41) is 2.41. The van der Waals surface area contributed by atoms with Gasteiger partial charge in [-0.3, -0.25) is 0 Å². The molecule has 1 aromatic carbocycles. The summed E-state index contributed by atoms with van der Waals surface area (Å²) in [5.74, 6) is 0. The first-order valence-corrected chi connectivity index (χ1v) is 7.05. The highest BCUT2D eigenvalue weighted by Crippen LogP contribution is 2.46. The summed E-state index contributed by atoms with van der Waals surface area (Å²) in [5.41, 5.74) is 3.17. The Balaban J connectivity index is 2.18. The van der Waals surface area contributed by atoms with Crippen molar-refractivity contribution >= 4 is 23.1 Å². The Labute approximate surface area is 115 Å². The molecule has 1 nitrogen and oxygen atoms in total. The van der Waals surface area contributed by atoms with Crippen molar-refractivity contribution in [1.29, 1.82) is 0 Å². The van der Waals surface area contributed by atoms with Gasteiger partial charge >= 0.3 is 0 Å². The summed E-state index contributed by atoms with van der Waals surface area (Å²) in [7, 11) is 0. The number of thiocarbonyl (C=S) groups is 1. The van der Waals surface area contributed by atoms with E-state index in [1.807, 2.05) is 12.1 Å². The van der Waals surface area contributed by atoms with Gasteiger partial charge in [-0.05, 0) is 66.4 Å². The van der Waals surface area contributed by atoms with Crippen molar-refractivity contribution in [1.82, 2.24) is 0 Å². The second kappa shape index (κ2) is 4.95. The van der Waals surface area contributed by atoms with Crippen LogP contribution in [0.3, 0.4) is 0 Å². The van der Waals surface area contributed by atoms with Gasteiger partial charge in [0.1, 0.15) is 0 Å². The zero-order valence-electron chi connectivity index (χ0n) is 11.5. The Morgan fingerprint density at radius 2 is 1.56 bits per heavy atom. The molecular formula is C16H21NS. The number of hydrogen-bond acceptors (Lipinski definition) is 2. The lowest BCUT2D eigenvalue weighted by atomic mass is 9.63. The maximum absolute atomic E-state index is 4.62. The smallest absolute Gasteiger partial charge is 0.0739 e. The molecule has 18 heavy (non-hydrogen) atoms. The minimum atomic E-state index is 0.329. The van der Waals surface area contributed by atoms with Crippen molar-refractivity contribution in [2.45, 2.75) is 51.9 Å². The van der Waals surface area contributed by atoms with Gasteiger partial charge < -0.3 is 0 Å². The van der Waals surface area contributed by atoms with E-state index in [1.54, 1.807) is 0 Å². The lowest BCUT2D eigenvalue weighted by Crippen LogP contribution is -2.32. The SMILES string of the molecule is CC1(C)CCC(C)(c2ccc(N=C=S)cc2)CC1. The quantitative estimate of drug-likeness (QED) is 0.520. The van der Waals surface area contributed by atoms with Gasteiger partial charge in [0, 0.05) is 0 Å². The normalized spacial score (nSPS) is 21.1. The Kier molecular flexibility index (Phi) is 3.70. The van der Waals surface area contributed by atoms with E-state index >= 15 is 0 Å². The lowest BCUT2D eigenvalue weighted by molar-refractivity contribution is 0.173. The van der Waals surface area contributed by atoms with Crippen molar-refractivity contribution in [3.05, 3.63) is 29.8 Å². The number of isothiocyanates is 1. The van der Waals surface area contributed by atoms with Crippen LogP contribution < -0.4 is 0 Å². The fraction of sp³-hybridized carbons (Fsp3) is 0.562. The molecule has 0 radical (unpaired) electrons. The minimum absolute atomic E-state index is 0.329. The summed E-state index contributed by atoms with van der Waals surface area (Å²) >= 11 is 4.62. The fourth-order valence-corrected chi connectivity index (χ4v) is 2.86. The zero-order valence-corrected chi connectivity index (χ0v) is 12.3. The molecule has 1 aliphatic carbocycles. The minimum Gasteiger partial charge on any atom is -0.195 e. The van der Waals surface area contributed by atoms with Crippen LogP contribution in [-0.4, -0.2) is 5.16 Å². The Morgan fingerprint density at radius 1 is 1.00 bits per heavy atom. The third-order valence-electron chi connectivity index (χ3n) is 4.45. The summed E-state index contributed by atoms with van der Waals surface area (Å²) in [4.78, 5) is 4.00. The first-order chi connectivity index (χ1) is 8.45. The summed E-state index contributed by atoms with van der Waals surface area (Å²) < 4.78 is 0. The highest BCUT2D eigenvalue weighted by atomic mass is 32.1. The van der Waals surface area contributed by atoms with Crippen molar-refractivity contribution < 1.29 is 0 Å². The fourth-order valence-electron chi connectivity index (χ4n) is 2.76. The highest BCUT2D eigenvalue weighted by Gasteiger charge is 2.35. The molecule has 0 heterocycles. The predicted octanol–water partition coefficient (Wildman–Crippen LogP) is 5.28. The van der Waals surface area contributed by atoms with Gasteiger partial charge in [-0.2, -0.15) is 4.99 Å². The molecule has 0 aromatic heterocycles. The summed E-state index contributed by atoms with van der Waals surface area (Å²) in [6.45, 7) is 7.15. The van der Waals surface area contributed by atoms with Gasteiger partial charge in [0.25, 0.3) is 0 Å². The molecule has 0 saturated heterocycles. The van der Waals surface area contributed by atoms with E-state index < -0.39 is 0 Å². The summed E-state index contributed by atoms with van der Waals surface area (Å²) in [6.07, 6.45) is 5.16. The predicted molar refractivity (Wildman–Crippen MR) is 80.7 cm³/mol. The lowest BCUT2D eigenvalue weighted by Gasteiger charge is -2.41. The molecule has 0 amide bonds. The standard InChI is InChI=1S/C16H21NS/c1-15(2)8-10-16(3,11-9-15)13-4-6-14(7-5-13)17-12-18/h4-7H,8-11H2,1-3H3. The number of aliphatic imine (C=N–C) groups is 1. The molecule has 0 aliphatic heterocycles. The topological polar surface area (TPSA) is 12.4 Å². The monoisotopic (exact) mass is 259 g/mol. The first-order valence-electron chi connectivity index (χ1n) is 6.64. The highest BCUT2D eigenvalue weighted by molar-refractivity contribution is 7.78. The van der Waals surface area contributed by atoms with Gasteiger partial charge in [0.15, 0.2) is 0 Å². The van der Waals surface area contributed by atoms with Crippen LogP contribution >= 0.6 is 12.2 Å². The number of benzene rings is 1.